The number of aromatic nitrogens is 2. The molecular weight excluding hydrogens is 1220 g/mol. The average molecular weight is 1320 g/mol. The van der Waals surface area contributed by atoms with Crippen LogP contribution in [0.2, 0.25) is 0 Å². The monoisotopic (exact) mass is 1320 g/mol. The molecule has 23 heteroatoms. The van der Waals surface area contributed by atoms with Crippen molar-refractivity contribution >= 4 is 83.5 Å². The van der Waals surface area contributed by atoms with Gasteiger partial charge in [0.1, 0.15) is 35.3 Å². The Kier molecular flexibility index (Phi) is 41.5. The number of likely N-dealkylation sites (tertiary alicyclic amines) is 2. The van der Waals surface area contributed by atoms with E-state index in [2.05, 4.69) is 95.5 Å². The third-order valence-electron chi connectivity index (χ3n) is 16.0. The summed E-state index contributed by atoms with van der Waals surface area (Å²) in [6.45, 7) is 12.8. The van der Waals surface area contributed by atoms with Crippen molar-refractivity contribution < 1.29 is 53.9 Å². The molecule has 0 bridgehead atoms. The molecule has 0 saturated carbocycles. The van der Waals surface area contributed by atoms with Crippen molar-refractivity contribution in [2.24, 2.45) is 29.6 Å². The molecule has 4 saturated heterocycles. The van der Waals surface area contributed by atoms with Crippen molar-refractivity contribution in [3.8, 4) is 22.3 Å². The minimum absolute atomic E-state index is 0. The number of halogens is 2. The summed E-state index contributed by atoms with van der Waals surface area (Å²) in [7, 11) is 4.00. The lowest BCUT2D eigenvalue weighted by Crippen LogP contribution is -2.64. The first-order valence-corrected chi connectivity index (χ1v) is 34.4. The summed E-state index contributed by atoms with van der Waals surface area (Å²) in [5, 5.41) is 60.0. The van der Waals surface area contributed by atoms with Crippen molar-refractivity contribution in [1.29, 1.82) is 0 Å². The number of ether oxygens (including phenoxy) is 2. The van der Waals surface area contributed by atoms with Crippen LogP contribution in [0.4, 0.5) is 3.89 Å². The number of alkyl halides is 1. The van der Waals surface area contributed by atoms with E-state index in [1.54, 1.807) is 42.2 Å². The highest BCUT2D eigenvalue weighted by Gasteiger charge is 2.48. The van der Waals surface area contributed by atoms with Gasteiger partial charge in [-0.1, -0.05) is 98.7 Å². The number of likely N-dealkylation sites (N-methyl/N-ethyl adjacent to an activating group) is 2. The number of carbonyl (C=O) groups excluding carboxylic acids is 2. The lowest BCUT2D eigenvalue weighted by molar-refractivity contribution is -0.203. The molecule has 4 fully saturated rings. The molecule has 8 N–H and O–H groups in total. The second kappa shape index (κ2) is 43.9. The van der Waals surface area contributed by atoms with Gasteiger partial charge in [0.15, 0.2) is 0 Å². The summed E-state index contributed by atoms with van der Waals surface area (Å²) in [6.07, 6.45) is 15.2. The number of carbonyl (C=O) groups is 2. The molecule has 488 valence electrons. The first-order valence-electron chi connectivity index (χ1n) is 28.5. The van der Waals surface area contributed by atoms with Crippen LogP contribution in [-0.4, -0.2) is 193 Å². The van der Waals surface area contributed by atoms with Gasteiger partial charge in [-0.25, -0.2) is 0 Å². The summed E-state index contributed by atoms with van der Waals surface area (Å²) in [4.78, 5) is 40.8. The largest absolute Gasteiger partial charge is 0.394 e. The molecule has 16 nitrogen and oxygen atoms in total. The predicted octanol–water partition coefficient (Wildman–Crippen LogP) is 11.6. The van der Waals surface area contributed by atoms with Crippen LogP contribution < -0.4 is 10.6 Å². The lowest BCUT2D eigenvalue weighted by atomic mass is 9.77. The van der Waals surface area contributed by atoms with Gasteiger partial charge >= 0.3 is 0 Å². The number of aliphatic hydroxyl groups is 4. The lowest BCUT2D eigenvalue weighted by Gasteiger charge is -2.46. The van der Waals surface area contributed by atoms with Crippen molar-refractivity contribution in [2.45, 2.75) is 163 Å². The fraction of sp³-hybridized carbons (Fsp3) is 0.619. The van der Waals surface area contributed by atoms with Gasteiger partial charge in [0.25, 0.3) is 0 Å². The number of nitrogens with zero attached hydrogens (tertiary/aromatic N) is 4. The van der Waals surface area contributed by atoms with E-state index in [4.69, 9.17) is 20.0 Å². The molecule has 0 aliphatic carbocycles. The molecular formula is C63H102ClFN6O10S5. The first kappa shape index (κ1) is 81.3. The standard InChI is InChI=1S/C28H39N3O5S2.C20H38N2O3S.C11H9NS.CH3Cl.CH3FS.2CH4.H2O2/c1-4-6-17-13-22(31(2)15-17)27(35)30-21(26-24(33)23(32)25(34)28(36-26)37-3)16-38-20-10-8-18(9-11-20)19-7-5-12-29-14-19;1-7-8-15-9-17(22(5)10-15)19(24)21-16(11-23)18-13(3)12(2)14(4)20(25-18)26-6;13-11-5-3-9(4-6-11)10-2-1-7-12-8-10;1-2;1-3-2;;;1-2/h5,7-12,14,17,21-26,28,32-34H,4,6,13,15-16H2,1-3H3,(H,30,35);12-18,20,23H,7-11H2,1-6H3,(H,21,24);1-8,13H;1H3;1H3;2*1H4;1-2H/t17-,21-,22+,23-,24?,25-,26-,28?;12-,13?,14-,15-,16-,17+,18+,20?;;;;;;/m11....../s1. The van der Waals surface area contributed by atoms with Crippen molar-refractivity contribution in [3.63, 3.8) is 0 Å². The Balaban J connectivity index is 0.000000664. The molecule has 16 atom stereocenters. The number of amides is 2. The zero-order valence-corrected chi connectivity index (χ0v) is 55.4. The van der Waals surface area contributed by atoms with Crippen LogP contribution in [0, 0.1) is 29.6 Å². The second-order valence-electron chi connectivity index (χ2n) is 21.6. The molecule has 4 unspecified atom stereocenters. The molecule has 2 aromatic heterocycles. The van der Waals surface area contributed by atoms with Crippen LogP contribution in [-0.2, 0) is 19.1 Å². The number of aliphatic hydroxyl groups excluding tert-OH is 4. The van der Waals surface area contributed by atoms with E-state index in [0.717, 1.165) is 71.7 Å². The summed E-state index contributed by atoms with van der Waals surface area (Å²) >= 11 is 13.7. The van der Waals surface area contributed by atoms with E-state index in [1.807, 2.05) is 99.3 Å². The number of thioether (sulfide) groups is 3. The molecule has 2 aromatic carbocycles. The summed E-state index contributed by atoms with van der Waals surface area (Å²) in [5.74, 6) is 2.69. The maximum absolute atomic E-state index is 13.5. The maximum Gasteiger partial charge on any atom is 0.237 e. The Bertz CT molecular complexity index is 2410. The van der Waals surface area contributed by atoms with Crippen LogP contribution in [0.1, 0.15) is 88.0 Å². The molecule has 4 aliphatic heterocycles. The van der Waals surface area contributed by atoms with Gasteiger partial charge in [-0.2, -0.15) is 3.89 Å². The van der Waals surface area contributed by atoms with E-state index in [9.17, 15) is 33.9 Å². The quantitative estimate of drug-likeness (QED) is 0.0148. The number of rotatable bonds is 18. The fourth-order valence-electron chi connectivity index (χ4n) is 11.3. The predicted molar refractivity (Wildman–Crippen MR) is 362 cm³/mol. The highest BCUT2D eigenvalue weighted by Crippen LogP contribution is 2.40. The highest BCUT2D eigenvalue weighted by molar-refractivity contribution is 7.99. The zero-order valence-electron chi connectivity index (χ0n) is 50.5. The smallest absolute Gasteiger partial charge is 0.237 e. The average Bonchev–Trinajstić information content (AvgIpc) is 2.51. The summed E-state index contributed by atoms with van der Waals surface area (Å²) in [6, 6.07) is 22.8. The van der Waals surface area contributed by atoms with Crippen LogP contribution in [0.3, 0.4) is 0 Å². The Morgan fingerprint density at radius 2 is 1.12 bits per heavy atom. The van der Waals surface area contributed by atoms with E-state index in [0.29, 0.717) is 35.3 Å². The third kappa shape index (κ3) is 24.5. The Morgan fingerprint density at radius 3 is 1.53 bits per heavy atom. The number of pyridine rings is 2. The molecule has 86 heavy (non-hydrogen) atoms. The van der Waals surface area contributed by atoms with Gasteiger partial charge < -0.3 is 40.5 Å². The molecule has 0 spiro atoms. The van der Waals surface area contributed by atoms with Gasteiger partial charge in [0.2, 0.25) is 11.8 Å². The third-order valence-corrected chi connectivity index (χ3v) is 19.3. The number of nitrogens with one attached hydrogen (secondary N) is 2. The second-order valence-corrected chi connectivity index (χ2v) is 25.4. The minimum atomic E-state index is -1.36. The molecule has 4 aliphatic rings. The van der Waals surface area contributed by atoms with Crippen molar-refractivity contribution in [2.75, 3.05) is 64.7 Å². The van der Waals surface area contributed by atoms with E-state index in [1.165, 1.54) is 36.4 Å². The zero-order chi connectivity index (χ0) is 62.5. The Morgan fingerprint density at radius 1 is 0.674 bits per heavy atom. The fourth-order valence-corrected chi connectivity index (χ4v) is 14.0. The van der Waals surface area contributed by atoms with E-state index >= 15 is 0 Å². The van der Waals surface area contributed by atoms with Gasteiger partial charge in [0.05, 0.1) is 36.9 Å². The van der Waals surface area contributed by atoms with Crippen molar-refractivity contribution in [3.05, 3.63) is 97.6 Å². The van der Waals surface area contributed by atoms with Crippen LogP contribution in [0.25, 0.3) is 22.3 Å². The SMILES string of the molecule is C.C.CCC[C@@H]1C[C@@H](C(=O)N[C@H](CO)[C@H]2OC(SC)[C@H](C)[C@H](C)C2C)N(C)C1.CCC[C@@H]1C[C@@H](C(=O)N[C@H](CSc2ccc(-c3cccnc3)cc2)[C@H]2OC(SC)[C@H](O)[C@H](O)C2O)N(C)C1.CCl.CSF.OO.Sc1ccc(-c2cccnc2)cc1. The number of benzene rings is 2. The number of hydrogen-bond acceptors (Lipinski definition) is 19. The van der Waals surface area contributed by atoms with Crippen molar-refractivity contribution in [1.82, 2.24) is 30.4 Å². The van der Waals surface area contributed by atoms with Gasteiger partial charge in [-0.15, -0.1) is 59.5 Å². The summed E-state index contributed by atoms with van der Waals surface area (Å²) < 4.78 is 22.6. The molecule has 2 amide bonds. The van der Waals surface area contributed by atoms with Gasteiger partial charge in [0, 0.05) is 78.2 Å². The van der Waals surface area contributed by atoms with E-state index < -0.39 is 35.9 Å². The Labute approximate surface area is 541 Å². The van der Waals surface area contributed by atoms with Gasteiger partial charge in [-0.05, 0) is 141 Å². The minimum Gasteiger partial charge on any atom is -0.394 e. The summed E-state index contributed by atoms with van der Waals surface area (Å²) in [5.41, 5.74) is 3.81. The molecule has 4 aromatic rings. The molecule has 6 heterocycles. The number of hydrogen-bond donors (Lipinski definition) is 9. The molecule has 0 radical (unpaired) electrons. The topological polar surface area (TPSA) is 230 Å². The molecule has 8 rings (SSSR count). The Hall–Kier alpha value is -2.75. The normalized spacial score (nSPS) is 27.4. The van der Waals surface area contributed by atoms with Crippen LogP contribution in [0.5, 0.6) is 0 Å². The van der Waals surface area contributed by atoms with E-state index in [-0.39, 0.29) is 75.1 Å². The van der Waals surface area contributed by atoms with Crippen LogP contribution in [0.15, 0.2) is 107 Å². The number of thiol groups is 1. The first-order chi connectivity index (χ1) is 40.4. The maximum atomic E-state index is 13.5. The van der Waals surface area contributed by atoms with Gasteiger partial charge in [-0.3, -0.25) is 39.9 Å². The van der Waals surface area contributed by atoms with Crippen LogP contribution >= 0.6 is 71.7 Å². The highest BCUT2D eigenvalue weighted by atomic mass is 35.5.